The van der Waals surface area contributed by atoms with Crippen molar-refractivity contribution >= 4 is 69.7 Å². The zero-order valence-corrected chi connectivity index (χ0v) is 19.4. The maximum absolute atomic E-state index is 12.4. The number of hydrogen-bond acceptors (Lipinski definition) is 7. The lowest BCUT2D eigenvalue weighted by atomic mass is 10.1. The molecule has 2 aromatic carbocycles. The van der Waals surface area contributed by atoms with Crippen molar-refractivity contribution in [2.45, 2.75) is 0 Å². The van der Waals surface area contributed by atoms with Crippen molar-refractivity contribution in [1.82, 2.24) is 4.90 Å². The van der Waals surface area contributed by atoms with Gasteiger partial charge in [0.15, 0.2) is 18.1 Å². The molecule has 9 nitrogen and oxygen atoms in total. The van der Waals surface area contributed by atoms with E-state index in [1.165, 1.54) is 25.3 Å². The summed E-state index contributed by atoms with van der Waals surface area (Å²) < 4.78 is 10.8. The second-order valence-electron chi connectivity index (χ2n) is 6.58. The molecule has 0 aliphatic carbocycles. The first-order valence-corrected chi connectivity index (χ1v) is 10.8. The lowest BCUT2D eigenvalue weighted by molar-refractivity contribution is -0.127. The number of primary amides is 1. The summed E-state index contributed by atoms with van der Waals surface area (Å²) in [6, 6.07) is 9.75. The minimum absolute atomic E-state index is 0.0900. The first-order chi connectivity index (χ1) is 15.7. The summed E-state index contributed by atoms with van der Waals surface area (Å²) in [6.45, 7) is -0.873. The number of ether oxygens (including phenoxy) is 2. The van der Waals surface area contributed by atoms with Crippen molar-refractivity contribution in [3.63, 3.8) is 0 Å². The van der Waals surface area contributed by atoms with Gasteiger partial charge in [0.25, 0.3) is 17.1 Å². The summed E-state index contributed by atoms with van der Waals surface area (Å²) in [7, 11) is 1.38. The molecule has 33 heavy (non-hydrogen) atoms. The third kappa shape index (κ3) is 5.98. The van der Waals surface area contributed by atoms with Crippen molar-refractivity contribution in [3.05, 3.63) is 56.9 Å². The highest BCUT2D eigenvalue weighted by Gasteiger charge is 2.35. The zero-order valence-electron chi connectivity index (χ0n) is 17.1. The molecule has 1 heterocycles. The van der Waals surface area contributed by atoms with Crippen LogP contribution in [0.5, 0.6) is 11.5 Å². The number of anilines is 1. The Kier molecular flexibility index (Phi) is 7.85. The van der Waals surface area contributed by atoms with Gasteiger partial charge in [0.1, 0.15) is 6.54 Å². The second kappa shape index (κ2) is 10.6. The van der Waals surface area contributed by atoms with E-state index in [-0.39, 0.29) is 28.0 Å². The fourth-order valence-electron chi connectivity index (χ4n) is 2.79. The minimum Gasteiger partial charge on any atom is -0.493 e. The van der Waals surface area contributed by atoms with Crippen molar-refractivity contribution in [1.29, 1.82) is 0 Å². The highest BCUT2D eigenvalue weighted by atomic mass is 35.5. The molecule has 12 heteroatoms. The molecule has 2 aromatic rings. The lowest BCUT2D eigenvalue weighted by Gasteiger charge is -2.14. The molecule has 3 N–H and O–H groups in total. The molecule has 0 unspecified atom stereocenters. The van der Waals surface area contributed by atoms with Crippen LogP contribution in [-0.2, 0) is 14.4 Å². The van der Waals surface area contributed by atoms with Crippen molar-refractivity contribution in [2.75, 3.05) is 25.6 Å². The quantitative estimate of drug-likeness (QED) is 0.520. The predicted octanol–water partition coefficient (Wildman–Crippen LogP) is 3.54. The number of nitrogens with zero attached hydrogens (tertiary/aromatic N) is 1. The third-order valence-electron chi connectivity index (χ3n) is 4.23. The maximum atomic E-state index is 12.4. The second-order valence-corrected chi connectivity index (χ2v) is 8.39. The van der Waals surface area contributed by atoms with Crippen LogP contribution in [0.4, 0.5) is 10.5 Å². The zero-order chi connectivity index (χ0) is 24.1. The van der Waals surface area contributed by atoms with Crippen LogP contribution in [-0.4, -0.2) is 48.1 Å². The minimum atomic E-state index is -0.802. The molecule has 4 amide bonds. The lowest BCUT2D eigenvalue weighted by Crippen LogP contribution is -2.36. The van der Waals surface area contributed by atoms with Crippen LogP contribution in [0, 0.1) is 0 Å². The van der Waals surface area contributed by atoms with Gasteiger partial charge in [-0.05, 0) is 47.7 Å². The molecule has 0 spiro atoms. The number of benzene rings is 2. The highest BCUT2D eigenvalue weighted by molar-refractivity contribution is 8.18. The number of nitrogens with two attached hydrogens (primary N) is 1. The average Bonchev–Trinajstić information content (AvgIpc) is 3.01. The smallest absolute Gasteiger partial charge is 0.294 e. The highest BCUT2D eigenvalue weighted by Crippen LogP contribution is 2.39. The number of carbonyl (C=O) groups excluding carboxylic acids is 4. The van der Waals surface area contributed by atoms with E-state index in [2.05, 4.69) is 5.32 Å². The van der Waals surface area contributed by atoms with Crippen LogP contribution in [0.15, 0.2) is 41.3 Å². The predicted molar refractivity (Wildman–Crippen MR) is 125 cm³/mol. The molecule has 0 radical (unpaired) electrons. The summed E-state index contributed by atoms with van der Waals surface area (Å²) >= 11 is 13.0. The summed E-state index contributed by atoms with van der Waals surface area (Å²) in [4.78, 5) is 48.5. The molecule has 1 saturated heterocycles. The number of hydrogen-bond donors (Lipinski definition) is 2. The van der Waals surface area contributed by atoms with Gasteiger partial charge >= 0.3 is 0 Å². The van der Waals surface area contributed by atoms with Crippen LogP contribution in [0.25, 0.3) is 6.08 Å². The molecule has 0 aromatic heterocycles. The van der Waals surface area contributed by atoms with Crippen LogP contribution < -0.4 is 20.5 Å². The van der Waals surface area contributed by atoms with E-state index in [1.54, 1.807) is 24.3 Å². The monoisotopic (exact) mass is 509 g/mol. The summed E-state index contributed by atoms with van der Waals surface area (Å²) in [5, 5.41) is 2.51. The Balaban J connectivity index is 1.75. The van der Waals surface area contributed by atoms with E-state index >= 15 is 0 Å². The third-order valence-corrected chi connectivity index (χ3v) is 5.75. The molecule has 3 rings (SSSR count). The fraction of sp³-hybridized carbons (Fsp3) is 0.143. The first kappa shape index (κ1) is 24.4. The Morgan fingerprint density at radius 1 is 1.18 bits per heavy atom. The molecule has 0 saturated carbocycles. The molecule has 0 bridgehead atoms. The summed E-state index contributed by atoms with van der Waals surface area (Å²) in [5.74, 6) is -1.59. The Morgan fingerprint density at radius 3 is 2.58 bits per heavy atom. The van der Waals surface area contributed by atoms with E-state index in [9.17, 15) is 19.2 Å². The van der Waals surface area contributed by atoms with Crippen molar-refractivity contribution < 1.29 is 28.7 Å². The van der Waals surface area contributed by atoms with Gasteiger partial charge in [-0.2, -0.15) is 0 Å². The molecule has 1 fully saturated rings. The Hall–Kier alpha value is -3.21. The van der Waals surface area contributed by atoms with Crippen LogP contribution in [0.3, 0.4) is 0 Å². The molecular formula is C21H17Cl2N3O6S. The van der Waals surface area contributed by atoms with Gasteiger partial charge in [-0.1, -0.05) is 35.3 Å². The Labute approximate surface area is 202 Å². The number of halogens is 2. The van der Waals surface area contributed by atoms with Gasteiger partial charge in [0, 0.05) is 0 Å². The average molecular weight is 510 g/mol. The standard InChI is InChI=1S/C21H17Cl2N3O6S/c1-31-15-7-11(8-16-20(29)26(9-17(24)27)21(30)33-16)6-13(23)19(15)32-10-18(28)25-14-5-3-2-4-12(14)22/h2-8H,9-10H2,1H3,(H2,24,27)(H,25,28)/b16-8-. The number of amides is 4. The van der Waals surface area contributed by atoms with Crippen LogP contribution >= 0.6 is 35.0 Å². The molecule has 1 aliphatic heterocycles. The van der Waals surface area contributed by atoms with E-state index in [4.69, 9.17) is 38.4 Å². The van der Waals surface area contributed by atoms with E-state index < -0.39 is 29.5 Å². The number of methoxy groups -OCH3 is 1. The van der Waals surface area contributed by atoms with E-state index in [1.807, 2.05) is 0 Å². The Bertz CT molecular complexity index is 1170. The van der Waals surface area contributed by atoms with Gasteiger partial charge in [0.05, 0.1) is 27.7 Å². The number of imide groups is 1. The topological polar surface area (TPSA) is 128 Å². The first-order valence-electron chi connectivity index (χ1n) is 9.28. The van der Waals surface area contributed by atoms with Gasteiger partial charge < -0.3 is 20.5 Å². The van der Waals surface area contributed by atoms with Gasteiger partial charge in [0.2, 0.25) is 5.91 Å². The van der Waals surface area contributed by atoms with Gasteiger partial charge in [-0.25, -0.2) is 0 Å². The number of carbonyl (C=O) groups is 4. The molecule has 0 atom stereocenters. The molecular weight excluding hydrogens is 493 g/mol. The number of nitrogens with one attached hydrogen (secondary N) is 1. The molecule has 172 valence electrons. The van der Waals surface area contributed by atoms with Crippen LogP contribution in [0.2, 0.25) is 10.0 Å². The largest absolute Gasteiger partial charge is 0.493 e. The van der Waals surface area contributed by atoms with E-state index in [0.29, 0.717) is 28.0 Å². The SMILES string of the molecule is COc1cc(/C=C2\SC(=O)N(CC(N)=O)C2=O)cc(Cl)c1OCC(=O)Nc1ccccc1Cl. The van der Waals surface area contributed by atoms with Crippen LogP contribution in [0.1, 0.15) is 5.56 Å². The number of thioether (sulfide) groups is 1. The van der Waals surface area contributed by atoms with E-state index in [0.717, 1.165) is 4.90 Å². The molecule has 1 aliphatic rings. The summed E-state index contributed by atoms with van der Waals surface area (Å²) in [5.41, 5.74) is 5.95. The normalized spacial score (nSPS) is 14.5. The van der Waals surface area contributed by atoms with Gasteiger partial charge in [-0.15, -0.1) is 0 Å². The summed E-state index contributed by atoms with van der Waals surface area (Å²) in [6.07, 6.45) is 1.42. The fourth-order valence-corrected chi connectivity index (χ4v) is 4.09. The van der Waals surface area contributed by atoms with Gasteiger partial charge in [-0.3, -0.25) is 24.1 Å². The number of rotatable bonds is 8. The van der Waals surface area contributed by atoms with Crippen molar-refractivity contribution in [3.8, 4) is 11.5 Å². The number of para-hydroxylation sites is 1. The Morgan fingerprint density at radius 2 is 1.91 bits per heavy atom. The van der Waals surface area contributed by atoms with Crippen molar-refractivity contribution in [2.24, 2.45) is 5.73 Å². The maximum Gasteiger partial charge on any atom is 0.294 e.